The van der Waals surface area contributed by atoms with Gasteiger partial charge in [-0.25, -0.2) is 0 Å². The number of hydrogen-bond acceptors (Lipinski definition) is 8. The van der Waals surface area contributed by atoms with Crippen molar-refractivity contribution in [3.63, 3.8) is 0 Å². The summed E-state index contributed by atoms with van der Waals surface area (Å²) in [5, 5.41) is 13.1. The monoisotopic (exact) mass is 655 g/mol. The largest absolute Gasteiger partial charge is 0.494 e. The number of carboxylic acid groups (broad SMARTS) is 1. The van der Waals surface area contributed by atoms with Crippen molar-refractivity contribution in [1.29, 1.82) is 0 Å². The molecule has 0 saturated carbocycles. The molecule has 1 saturated heterocycles. The van der Waals surface area contributed by atoms with E-state index in [9.17, 15) is 14.4 Å². The third-order valence-corrected chi connectivity index (χ3v) is 9.05. The molecule has 1 N–H and O–H groups in total. The lowest BCUT2D eigenvalue weighted by atomic mass is 10.1. The van der Waals surface area contributed by atoms with Gasteiger partial charge in [0.05, 0.1) is 12.1 Å². The molecular weight excluding hydrogens is 614 g/mol. The van der Waals surface area contributed by atoms with Crippen LogP contribution in [-0.4, -0.2) is 65.8 Å². The smallest absolute Gasteiger partial charge is 0.307 e. The molecule has 1 fully saturated rings. The van der Waals surface area contributed by atoms with Gasteiger partial charge in [-0.3, -0.25) is 23.9 Å². The number of anilines is 1. The van der Waals surface area contributed by atoms with Gasteiger partial charge in [-0.15, -0.1) is 23.7 Å². The first-order valence-corrected chi connectivity index (χ1v) is 16.4. The molecule has 2 aromatic carbocycles. The first kappa shape index (κ1) is 34.3. The van der Waals surface area contributed by atoms with Crippen LogP contribution in [0.2, 0.25) is 0 Å². The maximum absolute atomic E-state index is 12.6. The van der Waals surface area contributed by atoms with Gasteiger partial charge in [-0.05, 0) is 79.4 Å². The minimum absolute atomic E-state index is 0. The summed E-state index contributed by atoms with van der Waals surface area (Å²) in [7, 11) is 0. The molecule has 0 amide bonds. The number of ether oxygens (including phenoxy) is 2. The Labute approximate surface area is 273 Å². The van der Waals surface area contributed by atoms with E-state index in [2.05, 4.69) is 39.4 Å². The Balaban J connectivity index is 0.00000461. The van der Waals surface area contributed by atoms with E-state index >= 15 is 0 Å². The number of thiophene rings is 1. The van der Waals surface area contributed by atoms with E-state index in [0.717, 1.165) is 63.8 Å². The molecule has 0 atom stereocenters. The van der Waals surface area contributed by atoms with E-state index in [1.807, 2.05) is 18.2 Å². The maximum Gasteiger partial charge on any atom is 0.307 e. The molecular formula is C34H42ClN3O6S. The number of carbonyl (C=O) groups excluding carboxylic acids is 1. The molecule has 0 spiro atoms. The molecule has 0 aliphatic carbocycles. The van der Waals surface area contributed by atoms with E-state index in [-0.39, 0.29) is 43.5 Å². The highest BCUT2D eigenvalue weighted by atomic mass is 35.5. The Morgan fingerprint density at radius 3 is 2.44 bits per heavy atom. The zero-order valence-electron chi connectivity index (χ0n) is 25.5. The summed E-state index contributed by atoms with van der Waals surface area (Å²) in [6.07, 6.45) is 5.12. The summed E-state index contributed by atoms with van der Waals surface area (Å²) >= 11 is 1.80. The molecule has 0 bridgehead atoms. The predicted octanol–water partition coefficient (Wildman–Crippen LogP) is 6.55. The number of rotatable bonds is 16. The molecule has 9 nitrogen and oxygen atoms in total. The zero-order valence-corrected chi connectivity index (χ0v) is 27.2. The Bertz CT molecular complexity index is 1610. The third-order valence-electron chi connectivity index (χ3n) is 8.16. The van der Waals surface area contributed by atoms with Gasteiger partial charge in [-0.1, -0.05) is 18.9 Å². The average molecular weight is 656 g/mol. The van der Waals surface area contributed by atoms with Gasteiger partial charge in [0.25, 0.3) is 5.56 Å². The summed E-state index contributed by atoms with van der Waals surface area (Å²) in [6, 6.07) is 17.7. The second-order valence-electron chi connectivity index (χ2n) is 11.3. The third kappa shape index (κ3) is 9.69. The first-order valence-electron chi connectivity index (χ1n) is 15.6. The molecule has 1 aliphatic heterocycles. The summed E-state index contributed by atoms with van der Waals surface area (Å²) in [6.45, 7) is 5.66. The summed E-state index contributed by atoms with van der Waals surface area (Å²) in [5.41, 5.74) is 1.76. The lowest BCUT2D eigenvalue weighted by Gasteiger charge is -2.36. The van der Waals surface area contributed by atoms with Crippen molar-refractivity contribution in [2.45, 2.75) is 58.1 Å². The molecule has 2 aromatic heterocycles. The average Bonchev–Trinajstić information content (AvgIpc) is 3.52. The van der Waals surface area contributed by atoms with Gasteiger partial charge >= 0.3 is 11.9 Å². The fourth-order valence-electron chi connectivity index (χ4n) is 5.69. The lowest BCUT2D eigenvalue weighted by molar-refractivity contribution is -0.147. The second-order valence-corrected chi connectivity index (χ2v) is 12.2. The van der Waals surface area contributed by atoms with Gasteiger partial charge in [0, 0.05) is 66.9 Å². The van der Waals surface area contributed by atoms with E-state index in [1.165, 1.54) is 26.4 Å². The SMILES string of the molecule is Cl.O=C(O)CCCCCCC(=O)OCn1c(=O)ccc2ccc(OCCCCN3CCN(c4cccc5sccc45)CC3)cc21. The van der Waals surface area contributed by atoms with Gasteiger partial charge in [0.2, 0.25) is 0 Å². The molecule has 0 unspecified atom stereocenters. The molecule has 5 rings (SSSR count). The number of pyridine rings is 1. The number of hydrogen-bond donors (Lipinski definition) is 1. The maximum atomic E-state index is 12.6. The van der Waals surface area contributed by atoms with Crippen LogP contribution in [0.25, 0.3) is 21.0 Å². The fourth-order valence-corrected chi connectivity index (χ4v) is 6.50. The highest BCUT2D eigenvalue weighted by molar-refractivity contribution is 7.17. The number of aliphatic carboxylic acids is 1. The van der Waals surface area contributed by atoms with Crippen LogP contribution >= 0.6 is 23.7 Å². The number of fused-ring (bicyclic) bond motifs is 2. The van der Waals surface area contributed by atoms with Crippen LogP contribution in [0.5, 0.6) is 5.75 Å². The molecule has 4 aromatic rings. The lowest BCUT2D eigenvalue weighted by Crippen LogP contribution is -2.46. The van der Waals surface area contributed by atoms with Crippen molar-refractivity contribution in [2.24, 2.45) is 0 Å². The van der Waals surface area contributed by atoms with Crippen LogP contribution in [0.3, 0.4) is 0 Å². The van der Waals surface area contributed by atoms with E-state index in [1.54, 1.807) is 17.4 Å². The Morgan fingerprint density at radius 1 is 0.867 bits per heavy atom. The normalized spacial score (nSPS) is 13.6. The molecule has 242 valence electrons. The van der Waals surface area contributed by atoms with Crippen molar-refractivity contribution in [3.8, 4) is 5.75 Å². The number of halogens is 1. The van der Waals surface area contributed by atoms with Gasteiger partial charge < -0.3 is 19.5 Å². The number of carboxylic acids is 1. The zero-order chi connectivity index (χ0) is 30.7. The Kier molecular flexibility index (Phi) is 13.1. The number of nitrogens with zero attached hydrogens (tertiary/aromatic N) is 3. The van der Waals surface area contributed by atoms with Gasteiger partial charge in [0.1, 0.15) is 5.75 Å². The minimum atomic E-state index is -0.803. The van der Waals surface area contributed by atoms with Crippen molar-refractivity contribution >= 4 is 62.4 Å². The minimum Gasteiger partial charge on any atom is -0.494 e. The van der Waals surface area contributed by atoms with E-state index < -0.39 is 5.97 Å². The van der Waals surface area contributed by atoms with Crippen LogP contribution in [0, 0.1) is 0 Å². The number of esters is 1. The predicted molar refractivity (Wildman–Crippen MR) is 182 cm³/mol. The van der Waals surface area contributed by atoms with Crippen molar-refractivity contribution in [2.75, 3.05) is 44.2 Å². The standard InChI is InChI=1S/C34H41N3O6S.ClH/c38-32-15-13-26-12-14-27(24-30(26)37(32)25-43-34(41)11-4-2-1-3-10-33(39)40)42-22-6-5-17-35-18-20-36(21-19-35)29-8-7-9-31-28(29)16-23-44-31;/h7-9,12-16,23-24H,1-6,10-11,17-22,25H2,(H,39,40);1H. The van der Waals surface area contributed by atoms with Crippen LogP contribution in [-0.2, 0) is 21.1 Å². The van der Waals surface area contributed by atoms with Crippen LogP contribution in [0.4, 0.5) is 5.69 Å². The molecule has 0 radical (unpaired) electrons. The summed E-state index contributed by atoms with van der Waals surface area (Å²) in [5.74, 6) is -0.496. The van der Waals surface area contributed by atoms with Crippen molar-refractivity contribution in [1.82, 2.24) is 9.47 Å². The number of carbonyl (C=O) groups is 2. The quantitative estimate of drug-likeness (QED) is 0.107. The molecule has 45 heavy (non-hydrogen) atoms. The van der Waals surface area contributed by atoms with Crippen LogP contribution in [0.15, 0.2) is 64.8 Å². The van der Waals surface area contributed by atoms with Crippen LogP contribution in [0.1, 0.15) is 51.4 Å². The van der Waals surface area contributed by atoms with Gasteiger partial charge in [0.15, 0.2) is 6.73 Å². The van der Waals surface area contributed by atoms with Crippen molar-refractivity contribution < 1.29 is 24.2 Å². The molecule has 3 heterocycles. The fraction of sp³-hybridized carbons (Fsp3) is 0.441. The Morgan fingerprint density at radius 2 is 1.64 bits per heavy atom. The summed E-state index contributed by atoms with van der Waals surface area (Å²) < 4.78 is 14.2. The number of aromatic nitrogens is 1. The summed E-state index contributed by atoms with van der Waals surface area (Å²) in [4.78, 5) is 40.5. The topological polar surface area (TPSA) is 101 Å². The van der Waals surface area contributed by atoms with E-state index in [4.69, 9.17) is 14.6 Å². The highest BCUT2D eigenvalue weighted by Crippen LogP contribution is 2.31. The van der Waals surface area contributed by atoms with Crippen molar-refractivity contribution in [3.05, 3.63) is 70.3 Å². The van der Waals surface area contributed by atoms with E-state index in [0.29, 0.717) is 30.7 Å². The highest BCUT2D eigenvalue weighted by Gasteiger charge is 2.18. The molecule has 11 heteroatoms. The number of unbranched alkanes of at least 4 members (excludes halogenated alkanes) is 4. The number of piperazine rings is 1. The molecule has 1 aliphatic rings. The first-order chi connectivity index (χ1) is 21.5. The van der Waals surface area contributed by atoms with Gasteiger partial charge in [-0.2, -0.15) is 0 Å². The number of benzene rings is 2. The van der Waals surface area contributed by atoms with Crippen LogP contribution < -0.4 is 15.2 Å². The second kappa shape index (κ2) is 17.2. The Hall–Kier alpha value is -3.60.